The maximum Gasteiger partial charge on any atom is 0.305 e. The summed E-state index contributed by atoms with van der Waals surface area (Å²) in [7, 11) is 0. The van der Waals surface area contributed by atoms with E-state index < -0.39 is 6.80 Å². The van der Waals surface area contributed by atoms with Gasteiger partial charge in [0.2, 0.25) is 0 Å². The fraction of sp³-hybridized carbons (Fsp3) is 0.400. The molecule has 0 bridgehead atoms. The van der Waals surface area contributed by atoms with Gasteiger partial charge in [-0.1, -0.05) is 73.5 Å². The number of benzene rings is 2. The van der Waals surface area contributed by atoms with Crippen molar-refractivity contribution in [3.8, 4) is 0 Å². The van der Waals surface area contributed by atoms with Crippen molar-refractivity contribution in [2.45, 2.75) is 50.9 Å². The van der Waals surface area contributed by atoms with E-state index >= 15 is 0 Å². The van der Waals surface area contributed by atoms with E-state index in [1.54, 1.807) is 0 Å². The van der Waals surface area contributed by atoms with Crippen LogP contribution in [0.1, 0.15) is 36.8 Å². The standard InChI is InChI=1S/C20H24ClN2OP/c21-25(24)22(15-17-9-3-1-4-10-17)19-13-7-8-14-20(19)23(25)16-18-11-5-2-6-12-18/h1-6,9-12,19-20H,7-8,13-16H2/t19-,20-/m1/s1. The third-order valence-corrected chi connectivity index (χ3v) is 8.78. The van der Waals surface area contributed by atoms with E-state index in [0.29, 0.717) is 25.2 Å². The van der Waals surface area contributed by atoms with Crippen LogP contribution in [0.5, 0.6) is 0 Å². The van der Waals surface area contributed by atoms with E-state index in [9.17, 15) is 4.57 Å². The second-order valence-electron chi connectivity index (χ2n) is 7.06. The Labute approximate surface area is 154 Å². The lowest BCUT2D eigenvalue weighted by atomic mass is 9.90. The van der Waals surface area contributed by atoms with Crippen LogP contribution in [0.2, 0.25) is 0 Å². The molecule has 0 radical (unpaired) electrons. The fourth-order valence-electron chi connectivity index (χ4n) is 4.25. The third kappa shape index (κ3) is 3.44. The molecular weight excluding hydrogens is 351 g/mol. The van der Waals surface area contributed by atoms with E-state index in [-0.39, 0.29) is 0 Å². The van der Waals surface area contributed by atoms with Crippen LogP contribution in [0.25, 0.3) is 0 Å². The van der Waals surface area contributed by atoms with Crippen LogP contribution < -0.4 is 0 Å². The number of nitrogens with zero attached hydrogens (tertiary/aromatic N) is 2. The average molecular weight is 375 g/mol. The lowest BCUT2D eigenvalue weighted by Gasteiger charge is -2.31. The Kier molecular flexibility index (Phi) is 5.01. The molecule has 2 aromatic rings. The maximum atomic E-state index is 13.7. The molecular formula is C20H24ClN2OP. The predicted molar refractivity (Wildman–Crippen MR) is 103 cm³/mol. The summed E-state index contributed by atoms with van der Waals surface area (Å²) >= 11 is 6.78. The van der Waals surface area contributed by atoms with Crippen molar-refractivity contribution in [1.82, 2.24) is 9.34 Å². The van der Waals surface area contributed by atoms with E-state index in [1.165, 1.54) is 24.0 Å². The molecule has 5 heteroatoms. The van der Waals surface area contributed by atoms with Gasteiger partial charge in [0.05, 0.1) is 0 Å². The Bertz CT molecular complexity index is 693. The number of rotatable bonds is 4. The van der Waals surface area contributed by atoms with Crippen LogP contribution in [0.3, 0.4) is 0 Å². The molecule has 1 saturated carbocycles. The van der Waals surface area contributed by atoms with Crippen molar-refractivity contribution in [1.29, 1.82) is 0 Å². The Morgan fingerprint density at radius 1 is 0.800 bits per heavy atom. The van der Waals surface area contributed by atoms with Crippen molar-refractivity contribution < 1.29 is 4.57 Å². The molecule has 2 aromatic carbocycles. The summed E-state index contributed by atoms with van der Waals surface area (Å²) in [4.78, 5) is 0. The largest absolute Gasteiger partial charge is 0.305 e. The second kappa shape index (κ2) is 7.25. The van der Waals surface area contributed by atoms with Gasteiger partial charge in [-0.25, -0.2) is 9.34 Å². The van der Waals surface area contributed by atoms with Gasteiger partial charge in [-0.3, -0.25) is 4.57 Å². The number of hydrogen-bond donors (Lipinski definition) is 0. The van der Waals surface area contributed by atoms with Gasteiger partial charge in [0.1, 0.15) is 0 Å². The minimum atomic E-state index is -3.06. The van der Waals surface area contributed by atoms with Gasteiger partial charge in [0.15, 0.2) is 0 Å². The van der Waals surface area contributed by atoms with Crippen LogP contribution in [-0.4, -0.2) is 21.4 Å². The van der Waals surface area contributed by atoms with Gasteiger partial charge in [-0.15, -0.1) is 0 Å². The normalized spacial score (nSPS) is 26.4. The Morgan fingerprint density at radius 3 is 1.60 bits per heavy atom. The van der Waals surface area contributed by atoms with Crippen LogP contribution in [0, 0.1) is 0 Å². The zero-order valence-electron chi connectivity index (χ0n) is 14.3. The molecule has 2 fully saturated rings. The SMILES string of the molecule is O=P1(Cl)N(Cc2ccccc2)[C@@H]2CCCC[C@H]2N1Cc1ccccc1. The van der Waals surface area contributed by atoms with Crippen LogP contribution in [0.4, 0.5) is 0 Å². The number of fused-ring (bicyclic) bond motifs is 1. The maximum absolute atomic E-state index is 13.7. The van der Waals surface area contributed by atoms with Crippen molar-refractivity contribution >= 4 is 18.0 Å². The van der Waals surface area contributed by atoms with E-state index in [1.807, 2.05) is 36.4 Å². The molecule has 1 aliphatic carbocycles. The zero-order chi connectivity index (χ0) is 17.3. The summed E-state index contributed by atoms with van der Waals surface area (Å²) in [5, 5.41) is 0. The minimum absolute atomic E-state index is 0.293. The molecule has 4 rings (SSSR count). The molecule has 1 saturated heterocycles. The molecule has 0 amide bonds. The average Bonchev–Trinajstić information content (AvgIpc) is 2.85. The molecule has 2 atom stereocenters. The van der Waals surface area contributed by atoms with Gasteiger partial charge in [0.25, 0.3) is 0 Å². The van der Waals surface area contributed by atoms with E-state index in [0.717, 1.165) is 12.8 Å². The van der Waals surface area contributed by atoms with Crippen molar-refractivity contribution in [2.75, 3.05) is 0 Å². The smallest absolute Gasteiger partial charge is 0.271 e. The summed E-state index contributed by atoms with van der Waals surface area (Å²) < 4.78 is 17.9. The summed E-state index contributed by atoms with van der Waals surface area (Å²) in [5.41, 5.74) is 2.35. The van der Waals surface area contributed by atoms with Crippen LogP contribution in [0.15, 0.2) is 60.7 Å². The topological polar surface area (TPSA) is 23.6 Å². The van der Waals surface area contributed by atoms with Gasteiger partial charge in [-0.05, 0) is 35.2 Å². The summed E-state index contributed by atoms with van der Waals surface area (Å²) in [6.07, 6.45) is 4.56. The molecule has 1 heterocycles. The minimum Gasteiger partial charge on any atom is -0.271 e. The molecule has 25 heavy (non-hydrogen) atoms. The molecule has 0 spiro atoms. The Balaban J connectivity index is 1.64. The highest BCUT2D eigenvalue weighted by Gasteiger charge is 2.54. The second-order valence-corrected chi connectivity index (χ2v) is 10.4. The highest BCUT2D eigenvalue weighted by atomic mass is 35.7. The molecule has 2 aliphatic rings. The van der Waals surface area contributed by atoms with E-state index in [4.69, 9.17) is 11.2 Å². The van der Waals surface area contributed by atoms with Crippen molar-refractivity contribution in [3.05, 3.63) is 71.8 Å². The van der Waals surface area contributed by atoms with Crippen molar-refractivity contribution in [2.24, 2.45) is 0 Å². The summed E-state index contributed by atoms with van der Waals surface area (Å²) in [5.74, 6) is 0. The Hall–Kier alpha value is -1.12. The summed E-state index contributed by atoms with van der Waals surface area (Å²) in [6, 6.07) is 21.1. The van der Waals surface area contributed by atoms with Gasteiger partial charge in [-0.2, -0.15) is 0 Å². The van der Waals surface area contributed by atoms with Gasteiger partial charge >= 0.3 is 6.80 Å². The first-order chi connectivity index (χ1) is 12.2. The monoisotopic (exact) mass is 374 g/mol. The molecule has 0 aromatic heterocycles. The number of halogens is 1. The van der Waals surface area contributed by atoms with Gasteiger partial charge in [0, 0.05) is 25.2 Å². The first kappa shape index (κ1) is 17.3. The number of hydrogen-bond acceptors (Lipinski definition) is 1. The molecule has 132 valence electrons. The molecule has 3 nitrogen and oxygen atoms in total. The fourth-order valence-corrected chi connectivity index (χ4v) is 7.48. The van der Waals surface area contributed by atoms with Gasteiger partial charge < -0.3 is 0 Å². The predicted octanol–water partition coefficient (Wildman–Crippen LogP) is 5.66. The summed E-state index contributed by atoms with van der Waals surface area (Å²) in [6.45, 7) is -1.74. The highest BCUT2D eigenvalue weighted by molar-refractivity contribution is 7.85. The first-order valence-electron chi connectivity index (χ1n) is 9.08. The van der Waals surface area contributed by atoms with E-state index in [2.05, 4.69) is 33.6 Å². The lowest BCUT2D eigenvalue weighted by Crippen LogP contribution is -2.39. The Morgan fingerprint density at radius 2 is 1.20 bits per heavy atom. The zero-order valence-corrected chi connectivity index (χ0v) is 15.9. The van der Waals surface area contributed by atoms with Crippen molar-refractivity contribution in [3.63, 3.8) is 0 Å². The van der Waals surface area contributed by atoms with Crippen LogP contribution >= 0.6 is 18.0 Å². The molecule has 0 unspecified atom stereocenters. The molecule has 0 N–H and O–H groups in total. The molecule has 1 aliphatic heterocycles. The van der Waals surface area contributed by atoms with Crippen LogP contribution in [-0.2, 0) is 17.7 Å². The first-order valence-corrected chi connectivity index (χ1v) is 11.6. The quantitative estimate of drug-likeness (QED) is 0.645. The highest BCUT2D eigenvalue weighted by Crippen LogP contribution is 2.68. The lowest BCUT2D eigenvalue weighted by molar-refractivity contribution is 0.197. The third-order valence-electron chi connectivity index (χ3n) is 5.47.